The molecule has 0 aromatic carbocycles. The van der Waals surface area contributed by atoms with Crippen LogP contribution in [0.15, 0.2) is 4.79 Å². The molecule has 0 radical (unpaired) electrons. The molecule has 3 heterocycles. The van der Waals surface area contributed by atoms with Crippen LogP contribution in [0.2, 0.25) is 0 Å². The number of ether oxygens (including phenoxy) is 1. The number of hydrogen-bond donors (Lipinski definition) is 2. The van der Waals surface area contributed by atoms with Gasteiger partial charge in [0.2, 0.25) is 0 Å². The van der Waals surface area contributed by atoms with E-state index in [2.05, 4.69) is 33.7 Å². The molecule has 1 saturated heterocycles. The Bertz CT molecular complexity index is 846. The number of nitrogens with two attached hydrogens (primary N) is 1. The van der Waals surface area contributed by atoms with E-state index in [4.69, 9.17) is 10.5 Å². The smallest absolute Gasteiger partial charge is 0.327 e. The number of unbranched alkanes of at least 4 members (excludes halogenated alkanes) is 1. The first kappa shape index (κ1) is 21.6. The molecule has 3 N–H and O–H groups in total. The lowest BCUT2D eigenvalue weighted by Gasteiger charge is -2.31. The number of nitrogen functional groups attached to an aromatic ring is 1. The number of aryl methyl sites for hydroxylation is 1. The van der Waals surface area contributed by atoms with Gasteiger partial charge in [0.25, 0.3) is 0 Å². The van der Waals surface area contributed by atoms with Gasteiger partial charge in [0.05, 0.1) is 6.10 Å². The molecule has 0 saturated carbocycles. The van der Waals surface area contributed by atoms with Crippen molar-refractivity contribution in [2.75, 3.05) is 25.4 Å². The average Bonchev–Trinajstić information content (AvgIpc) is 3.01. The molecule has 0 amide bonds. The first-order chi connectivity index (χ1) is 14.0. The fourth-order valence-electron chi connectivity index (χ4n) is 4.31. The molecule has 2 aromatic heterocycles. The third-order valence-electron chi connectivity index (χ3n) is 5.93. The Hall–Kier alpha value is -2.09. The molecule has 0 bridgehead atoms. The van der Waals surface area contributed by atoms with Crippen LogP contribution in [0.25, 0.3) is 11.2 Å². The summed E-state index contributed by atoms with van der Waals surface area (Å²) in [6.45, 7) is 10.6. The van der Waals surface area contributed by atoms with Gasteiger partial charge in [-0.25, -0.2) is 4.79 Å². The van der Waals surface area contributed by atoms with Crippen molar-refractivity contribution in [2.24, 2.45) is 5.92 Å². The van der Waals surface area contributed by atoms with Crippen LogP contribution in [0.4, 0.5) is 5.82 Å². The van der Waals surface area contributed by atoms with Crippen molar-refractivity contribution in [1.82, 2.24) is 24.4 Å². The van der Waals surface area contributed by atoms with Crippen molar-refractivity contribution in [2.45, 2.75) is 78.4 Å². The van der Waals surface area contributed by atoms with E-state index < -0.39 is 0 Å². The molecule has 3 rings (SSSR count). The van der Waals surface area contributed by atoms with Gasteiger partial charge in [-0.3, -0.25) is 4.57 Å². The van der Waals surface area contributed by atoms with Crippen LogP contribution >= 0.6 is 0 Å². The molecule has 8 heteroatoms. The monoisotopic (exact) mass is 404 g/mol. The third kappa shape index (κ3) is 5.50. The highest BCUT2D eigenvalue weighted by atomic mass is 16.5. The van der Waals surface area contributed by atoms with E-state index in [1.165, 1.54) is 32.4 Å². The summed E-state index contributed by atoms with van der Waals surface area (Å²) >= 11 is 0. The summed E-state index contributed by atoms with van der Waals surface area (Å²) in [5.41, 5.74) is 6.90. The van der Waals surface area contributed by atoms with Crippen molar-refractivity contribution in [1.29, 1.82) is 0 Å². The summed E-state index contributed by atoms with van der Waals surface area (Å²) in [5.74, 6) is 1.04. The Morgan fingerprint density at radius 2 is 2.14 bits per heavy atom. The number of anilines is 1. The maximum absolute atomic E-state index is 12.4. The lowest BCUT2D eigenvalue weighted by atomic mass is 9.93. The Balaban J connectivity index is 1.63. The SMILES string of the molecule is CCC[C@H](C)Oc1nc(N)c2[nH]c(=O)n(CCCCC3CCCN(CC)C3)c2n1. The van der Waals surface area contributed by atoms with Crippen LogP contribution in [0.5, 0.6) is 6.01 Å². The second-order valence-electron chi connectivity index (χ2n) is 8.29. The van der Waals surface area contributed by atoms with Gasteiger partial charge in [0.15, 0.2) is 11.5 Å². The minimum absolute atomic E-state index is 0.00847. The van der Waals surface area contributed by atoms with E-state index in [0.29, 0.717) is 17.7 Å². The summed E-state index contributed by atoms with van der Waals surface area (Å²) in [5, 5.41) is 0. The van der Waals surface area contributed by atoms with E-state index >= 15 is 0 Å². The van der Waals surface area contributed by atoms with Crippen molar-refractivity contribution < 1.29 is 4.74 Å². The summed E-state index contributed by atoms with van der Waals surface area (Å²) in [6.07, 6.45) is 7.84. The largest absolute Gasteiger partial charge is 0.460 e. The number of aromatic nitrogens is 4. The molecule has 162 valence electrons. The number of likely N-dealkylation sites (tertiary alicyclic amines) is 1. The number of H-pyrrole nitrogens is 1. The Morgan fingerprint density at radius 1 is 1.31 bits per heavy atom. The standard InChI is InChI=1S/C21H36N6O2/c1-4-9-15(3)29-20-24-18(22)17-19(25-20)27(21(28)23-17)13-7-6-10-16-11-8-12-26(5-2)14-16/h15-16H,4-14H2,1-3H3,(H,23,28)(H2,22,24,25)/t15-,16?/m0/s1. The minimum Gasteiger partial charge on any atom is -0.460 e. The van der Waals surface area contributed by atoms with Crippen molar-refractivity contribution >= 4 is 17.0 Å². The number of piperidine rings is 1. The Kier molecular flexibility index (Phi) is 7.52. The number of imidazole rings is 1. The lowest BCUT2D eigenvalue weighted by molar-refractivity contribution is 0.174. The highest BCUT2D eigenvalue weighted by Gasteiger charge is 2.19. The van der Waals surface area contributed by atoms with Gasteiger partial charge in [-0.15, -0.1) is 0 Å². The third-order valence-corrected chi connectivity index (χ3v) is 5.93. The molecular weight excluding hydrogens is 368 g/mol. The van der Waals surface area contributed by atoms with Crippen molar-refractivity contribution in [3.8, 4) is 6.01 Å². The number of rotatable bonds is 10. The summed E-state index contributed by atoms with van der Waals surface area (Å²) in [6, 6.07) is 0.241. The second-order valence-corrected chi connectivity index (χ2v) is 8.29. The van der Waals surface area contributed by atoms with E-state index in [0.717, 1.165) is 38.1 Å². The summed E-state index contributed by atoms with van der Waals surface area (Å²) in [4.78, 5) is 26.5. The van der Waals surface area contributed by atoms with E-state index in [9.17, 15) is 4.79 Å². The van der Waals surface area contributed by atoms with E-state index in [-0.39, 0.29) is 23.6 Å². The molecule has 1 unspecified atom stereocenters. The minimum atomic E-state index is -0.186. The van der Waals surface area contributed by atoms with Gasteiger partial charge in [0, 0.05) is 13.1 Å². The lowest BCUT2D eigenvalue weighted by Crippen LogP contribution is -2.35. The quantitative estimate of drug-likeness (QED) is 0.590. The molecule has 0 spiro atoms. The molecule has 0 aliphatic carbocycles. The zero-order valence-electron chi connectivity index (χ0n) is 18.1. The molecular formula is C21H36N6O2. The van der Waals surface area contributed by atoms with E-state index in [1.54, 1.807) is 4.57 Å². The van der Waals surface area contributed by atoms with Crippen molar-refractivity contribution in [3.05, 3.63) is 10.5 Å². The highest BCUT2D eigenvalue weighted by Crippen LogP contribution is 2.23. The number of nitrogens with zero attached hydrogens (tertiary/aromatic N) is 4. The number of hydrogen-bond acceptors (Lipinski definition) is 6. The molecule has 8 nitrogen and oxygen atoms in total. The molecule has 1 aliphatic rings. The van der Waals surface area contributed by atoms with Crippen LogP contribution in [-0.4, -0.2) is 50.2 Å². The highest BCUT2D eigenvalue weighted by molar-refractivity contribution is 5.81. The first-order valence-electron chi connectivity index (χ1n) is 11.2. The fraction of sp³-hybridized carbons (Fsp3) is 0.762. The zero-order chi connectivity index (χ0) is 20.8. The van der Waals surface area contributed by atoms with Gasteiger partial charge < -0.3 is 20.4 Å². The van der Waals surface area contributed by atoms with Gasteiger partial charge in [-0.05, 0) is 58.0 Å². The van der Waals surface area contributed by atoms with Crippen LogP contribution in [-0.2, 0) is 6.54 Å². The predicted octanol–water partition coefficient (Wildman–Crippen LogP) is 3.17. The van der Waals surface area contributed by atoms with Gasteiger partial charge in [-0.2, -0.15) is 9.97 Å². The Labute approximate surface area is 172 Å². The maximum Gasteiger partial charge on any atom is 0.327 e. The van der Waals surface area contributed by atoms with Crippen LogP contribution in [0.1, 0.15) is 65.7 Å². The topological polar surface area (TPSA) is 102 Å². The zero-order valence-corrected chi connectivity index (χ0v) is 18.1. The Morgan fingerprint density at radius 3 is 2.90 bits per heavy atom. The van der Waals surface area contributed by atoms with Gasteiger partial charge >= 0.3 is 11.7 Å². The number of aromatic amines is 1. The maximum atomic E-state index is 12.4. The van der Waals surface area contributed by atoms with Crippen LogP contribution in [0, 0.1) is 5.92 Å². The number of nitrogens with one attached hydrogen (secondary N) is 1. The first-order valence-corrected chi connectivity index (χ1v) is 11.2. The summed E-state index contributed by atoms with van der Waals surface area (Å²) < 4.78 is 7.47. The molecule has 2 aromatic rings. The van der Waals surface area contributed by atoms with Crippen LogP contribution < -0.4 is 16.2 Å². The van der Waals surface area contributed by atoms with Crippen molar-refractivity contribution in [3.63, 3.8) is 0 Å². The fourth-order valence-corrected chi connectivity index (χ4v) is 4.31. The second kappa shape index (κ2) is 10.1. The molecule has 1 aliphatic heterocycles. The van der Waals surface area contributed by atoms with Crippen LogP contribution in [0.3, 0.4) is 0 Å². The normalized spacial score (nSPS) is 18.9. The molecule has 2 atom stereocenters. The molecule has 1 fully saturated rings. The average molecular weight is 405 g/mol. The number of fused-ring (bicyclic) bond motifs is 1. The van der Waals surface area contributed by atoms with E-state index in [1.807, 2.05) is 6.92 Å². The summed E-state index contributed by atoms with van der Waals surface area (Å²) in [7, 11) is 0. The van der Waals surface area contributed by atoms with Gasteiger partial charge in [0.1, 0.15) is 5.52 Å². The predicted molar refractivity (Wildman–Crippen MR) is 116 cm³/mol. The van der Waals surface area contributed by atoms with Gasteiger partial charge in [-0.1, -0.05) is 26.7 Å². The molecule has 29 heavy (non-hydrogen) atoms.